The summed E-state index contributed by atoms with van der Waals surface area (Å²) in [6.45, 7) is 5.53. The van der Waals surface area contributed by atoms with Crippen molar-refractivity contribution in [2.45, 2.75) is 39.5 Å². The minimum absolute atomic E-state index is 0.518. The minimum atomic E-state index is 0.518. The summed E-state index contributed by atoms with van der Waals surface area (Å²) < 4.78 is 4.58. The Morgan fingerprint density at radius 1 is 1.45 bits per heavy atom. The van der Waals surface area contributed by atoms with Gasteiger partial charge in [0.25, 0.3) is 6.47 Å². The van der Waals surface area contributed by atoms with Gasteiger partial charge in [0.15, 0.2) is 0 Å². The fourth-order valence-corrected chi connectivity index (χ4v) is 1.20. The fourth-order valence-electron chi connectivity index (χ4n) is 1.20. The molecule has 0 aromatic carbocycles. The summed E-state index contributed by atoms with van der Waals surface area (Å²) >= 11 is 0. The number of hydrogen-bond acceptors (Lipinski definition) is 2. The van der Waals surface area contributed by atoms with Crippen LogP contribution in [0.4, 0.5) is 0 Å². The highest BCUT2D eigenvalue weighted by atomic mass is 16.5. The molecule has 0 aromatic rings. The van der Waals surface area contributed by atoms with Crippen LogP contribution in [0.5, 0.6) is 0 Å². The van der Waals surface area contributed by atoms with Gasteiger partial charge in [-0.1, -0.05) is 26.7 Å². The Morgan fingerprint density at radius 2 is 2.18 bits per heavy atom. The average molecular weight is 158 g/mol. The quantitative estimate of drug-likeness (QED) is 0.420. The van der Waals surface area contributed by atoms with Crippen LogP contribution in [0.25, 0.3) is 0 Å². The molecule has 66 valence electrons. The van der Waals surface area contributed by atoms with E-state index >= 15 is 0 Å². The van der Waals surface area contributed by atoms with E-state index in [-0.39, 0.29) is 0 Å². The molecule has 0 aliphatic carbocycles. The van der Waals surface area contributed by atoms with E-state index in [4.69, 9.17) is 0 Å². The first-order chi connectivity index (χ1) is 5.31. The Kier molecular flexibility index (Phi) is 7.21. The maximum absolute atomic E-state index is 9.75. The van der Waals surface area contributed by atoms with Gasteiger partial charge in [0.1, 0.15) is 0 Å². The van der Waals surface area contributed by atoms with Crippen molar-refractivity contribution in [2.24, 2.45) is 5.92 Å². The lowest BCUT2D eigenvalue weighted by molar-refractivity contribution is -0.128. The highest BCUT2D eigenvalue weighted by Gasteiger charge is 1.99. The van der Waals surface area contributed by atoms with E-state index < -0.39 is 0 Å². The van der Waals surface area contributed by atoms with Crippen LogP contribution in [0.2, 0.25) is 0 Å². The molecule has 0 saturated carbocycles. The molecule has 0 amide bonds. The van der Waals surface area contributed by atoms with E-state index in [1.54, 1.807) is 0 Å². The minimum Gasteiger partial charge on any atom is -0.468 e. The average Bonchev–Trinajstić information content (AvgIpc) is 1.99. The topological polar surface area (TPSA) is 26.3 Å². The Morgan fingerprint density at radius 3 is 2.73 bits per heavy atom. The van der Waals surface area contributed by atoms with Crippen molar-refractivity contribution in [3.05, 3.63) is 0 Å². The second-order valence-electron chi connectivity index (χ2n) is 3.00. The zero-order valence-electron chi connectivity index (χ0n) is 7.51. The third kappa shape index (κ3) is 7.37. The number of rotatable bonds is 7. The zero-order chi connectivity index (χ0) is 8.53. The standard InChI is InChI=1S/C9H18O2/c1-3-5-9(2)6-4-7-11-8-10/h8-9H,3-7H2,1-2H3. The summed E-state index contributed by atoms with van der Waals surface area (Å²) in [4.78, 5) is 9.75. The van der Waals surface area contributed by atoms with Crippen molar-refractivity contribution in [2.75, 3.05) is 6.61 Å². The second kappa shape index (κ2) is 7.58. The molecule has 0 bridgehead atoms. The molecule has 1 atom stereocenters. The molecule has 0 aromatic heterocycles. The van der Waals surface area contributed by atoms with E-state index in [1.807, 2.05) is 0 Å². The third-order valence-electron chi connectivity index (χ3n) is 1.81. The van der Waals surface area contributed by atoms with Gasteiger partial charge in [-0.15, -0.1) is 0 Å². The number of ether oxygens (including phenoxy) is 1. The fraction of sp³-hybridized carbons (Fsp3) is 0.889. The van der Waals surface area contributed by atoms with E-state index in [0.29, 0.717) is 13.1 Å². The first-order valence-electron chi connectivity index (χ1n) is 4.36. The maximum Gasteiger partial charge on any atom is 0.293 e. The largest absolute Gasteiger partial charge is 0.468 e. The highest BCUT2D eigenvalue weighted by Crippen LogP contribution is 2.11. The van der Waals surface area contributed by atoms with Gasteiger partial charge < -0.3 is 4.74 Å². The Hall–Kier alpha value is -0.530. The van der Waals surface area contributed by atoms with Crippen LogP contribution in [-0.2, 0) is 9.53 Å². The van der Waals surface area contributed by atoms with Gasteiger partial charge in [-0.3, -0.25) is 4.79 Å². The van der Waals surface area contributed by atoms with E-state index in [0.717, 1.165) is 12.3 Å². The molecule has 1 unspecified atom stereocenters. The number of carbonyl (C=O) groups excluding carboxylic acids is 1. The van der Waals surface area contributed by atoms with Gasteiger partial charge in [-0.2, -0.15) is 0 Å². The monoisotopic (exact) mass is 158 g/mol. The molecule has 0 fully saturated rings. The smallest absolute Gasteiger partial charge is 0.293 e. The summed E-state index contributed by atoms with van der Waals surface area (Å²) in [5, 5.41) is 0. The molecular weight excluding hydrogens is 140 g/mol. The Bertz CT molecular complexity index is 91.6. The molecule has 0 rings (SSSR count). The predicted octanol–water partition coefficient (Wildman–Crippen LogP) is 2.38. The summed E-state index contributed by atoms with van der Waals surface area (Å²) in [5.74, 6) is 0.773. The molecule has 11 heavy (non-hydrogen) atoms. The van der Waals surface area contributed by atoms with Gasteiger partial charge in [0.05, 0.1) is 6.61 Å². The van der Waals surface area contributed by atoms with Gasteiger partial charge in [0.2, 0.25) is 0 Å². The van der Waals surface area contributed by atoms with Crippen LogP contribution < -0.4 is 0 Å². The summed E-state index contributed by atoms with van der Waals surface area (Å²) in [6.07, 6.45) is 4.69. The molecule has 0 heterocycles. The molecular formula is C9H18O2. The van der Waals surface area contributed by atoms with Gasteiger partial charge in [-0.25, -0.2) is 0 Å². The molecule has 0 aliphatic heterocycles. The van der Waals surface area contributed by atoms with E-state index in [9.17, 15) is 4.79 Å². The van der Waals surface area contributed by atoms with E-state index in [2.05, 4.69) is 18.6 Å². The van der Waals surface area contributed by atoms with Crippen LogP contribution in [0, 0.1) is 5.92 Å². The lowest BCUT2D eigenvalue weighted by atomic mass is 10.0. The molecule has 0 radical (unpaired) electrons. The molecule has 0 aliphatic rings. The normalized spacial score (nSPS) is 12.5. The Balaban J connectivity index is 3.03. The maximum atomic E-state index is 9.75. The second-order valence-corrected chi connectivity index (χ2v) is 3.00. The van der Waals surface area contributed by atoms with Crippen LogP contribution in [0.15, 0.2) is 0 Å². The van der Waals surface area contributed by atoms with Crippen molar-refractivity contribution in [3.8, 4) is 0 Å². The Labute approximate surface area is 68.9 Å². The summed E-state index contributed by atoms with van der Waals surface area (Å²) in [6, 6.07) is 0. The summed E-state index contributed by atoms with van der Waals surface area (Å²) in [5.41, 5.74) is 0. The SMILES string of the molecule is CCCC(C)CCCOC=O. The first kappa shape index (κ1) is 10.5. The number of hydrogen-bond donors (Lipinski definition) is 0. The first-order valence-corrected chi connectivity index (χ1v) is 4.36. The van der Waals surface area contributed by atoms with Crippen LogP contribution >= 0.6 is 0 Å². The van der Waals surface area contributed by atoms with Gasteiger partial charge >= 0.3 is 0 Å². The van der Waals surface area contributed by atoms with Crippen molar-refractivity contribution >= 4 is 6.47 Å². The molecule has 2 heteroatoms. The van der Waals surface area contributed by atoms with E-state index in [1.165, 1.54) is 19.3 Å². The van der Waals surface area contributed by atoms with Crippen LogP contribution in [-0.4, -0.2) is 13.1 Å². The molecule has 2 nitrogen and oxygen atoms in total. The zero-order valence-corrected chi connectivity index (χ0v) is 7.51. The van der Waals surface area contributed by atoms with Crippen molar-refractivity contribution < 1.29 is 9.53 Å². The molecule has 0 N–H and O–H groups in total. The van der Waals surface area contributed by atoms with Crippen molar-refractivity contribution in [3.63, 3.8) is 0 Å². The van der Waals surface area contributed by atoms with Crippen LogP contribution in [0.3, 0.4) is 0 Å². The molecule has 0 saturated heterocycles. The number of carbonyl (C=O) groups is 1. The van der Waals surface area contributed by atoms with Crippen molar-refractivity contribution in [1.82, 2.24) is 0 Å². The van der Waals surface area contributed by atoms with Gasteiger partial charge in [0, 0.05) is 0 Å². The summed E-state index contributed by atoms with van der Waals surface area (Å²) in [7, 11) is 0. The van der Waals surface area contributed by atoms with Gasteiger partial charge in [-0.05, 0) is 18.8 Å². The van der Waals surface area contributed by atoms with Crippen LogP contribution in [0.1, 0.15) is 39.5 Å². The molecule has 0 spiro atoms. The lowest BCUT2D eigenvalue weighted by Crippen LogP contribution is -1.98. The lowest BCUT2D eigenvalue weighted by Gasteiger charge is -2.07. The van der Waals surface area contributed by atoms with Crippen molar-refractivity contribution in [1.29, 1.82) is 0 Å². The third-order valence-corrected chi connectivity index (χ3v) is 1.81. The highest BCUT2D eigenvalue weighted by molar-refractivity contribution is 5.36. The predicted molar refractivity (Wildman–Crippen MR) is 45.3 cm³/mol.